The van der Waals surface area contributed by atoms with E-state index in [0.717, 1.165) is 17.7 Å². The van der Waals surface area contributed by atoms with Crippen LogP contribution in [0.5, 0.6) is 0 Å². The Balaban J connectivity index is 3.00. The summed E-state index contributed by atoms with van der Waals surface area (Å²) in [7, 11) is 1.65. The third kappa shape index (κ3) is 2.73. The molecule has 1 N–H and O–H groups in total. The standard InChI is InChI=1S/C11H18N2O2/c1-5-10(15-4)11-12-6-9(8(3)14)7(2)13-11/h6,8,10,14H,5H2,1-4H3. The van der Waals surface area contributed by atoms with E-state index in [0.29, 0.717) is 5.82 Å². The van der Waals surface area contributed by atoms with E-state index >= 15 is 0 Å². The fourth-order valence-corrected chi connectivity index (χ4v) is 1.51. The highest BCUT2D eigenvalue weighted by molar-refractivity contribution is 5.18. The summed E-state index contributed by atoms with van der Waals surface area (Å²) in [6.07, 6.45) is 1.92. The maximum absolute atomic E-state index is 9.44. The first kappa shape index (κ1) is 12.1. The second-order valence-corrected chi connectivity index (χ2v) is 3.58. The van der Waals surface area contributed by atoms with Gasteiger partial charge in [0.15, 0.2) is 5.82 Å². The maximum atomic E-state index is 9.44. The van der Waals surface area contributed by atoms with Gasteiger partial charge in [0, 0.05) is 24.6 Å². The fraction of sp³-hybridized carbons (Fsp3) is 0.636. The maximum Gasteiger partial charge on any atom is 0.157 e. The van der Waals surface area contributed by atoms with Crippen LogP contribution in [0, 0.1) is 6.92 Å². The molecule has 0 aliphatic heterocycles. The SMILES string of the molecule is CCC(OC)c1ncc(C(C)O)c(C)n1. The van der Waals surface area contributed by atoms with Gasteiger partial charge in [-0.05, 0) is 20.3 Å². The van der Waals surface area contributed by atoms with Crippen LogP contribution in [0.1, 0.15) is 49.6 Å². The molecule has 0 spiro atoms. The van der Waals surface area contributed by atoms with Crippen LogP contribution >= 0.6 is 0 Å². The van der Waals surface area contributed by atoms with Gasteiger partial charge in [0.05, 0.1) is 6.10 Å². The highest BCUT2D eigenvalue weighted by Crippen LogP contribution is 2.19. The van der Waals surface area contributed by atoms with E-state index in [4.69, 9.17) is 4.74 Å². The van der Waals surface area contributed by atoms with Gasteiger partial charge in [0.1, 0.15) is 6.10 Å². The molecule has 0 amide bonds. The van der Waals surface area contributed by atoms with Crippen molar-refractivity contribution in [3.63, 3.8) is 0 Å². The lowest BCUT2D eigenvalue weighted by Crippen LogP contribution is -2.09. The highest BCUT2D eigenvalue weighted by Gasteiger charge is 2.14. The van der Waals surface area contributed by atoms with Crippen molar-refractivity contribution in [2.75, 3.05) is 7.11 Å². The zero-order chi connectivity index (χ0) is 11.4. The minimum atomic E-state index is -0.526. The lowest BCUT2D eigenvalue weighted by molar-refractivity contribution is 0.0921. The van der Waals surface area contributed by atoms with E-state index in [1.807, 2.05) is 13.8 Å². The molecule has 0 aliphatic carbocycles. The third-order valence-corrected chi connectivity index (χ3v) is 2.43. The molecule has 0 aliphatic rings. The van der Waals surface area contributed by atoms with Crippen molar-refractivity contribution in [1.29, 1.82) is 0 Å². The van der Waals surface area contributed by atoms with Crippen molar-refractivity contribution < 1.29 is 9.84 Å². The van der Waals surface area contributed by atoms with E-state index in [2.05, 4.69) is 9.97 Å². The largest absolute Gasteiger partial charge is 0.389 e. The third-order valence-electron chi connectivity index (χ3n) is 2.43. The van der Waals surface area contributed by atoms with E-state index in [9.17, 15) is 5.11 Å². The summed E-state index contributed by atoms with van der Waals surface area (Å²) in [5.74, 6) is 0.682. The Morgan fingerprint density at radius 2 is 2.20 bits per heavy atom. The number of aryl methyl sites for hydroxylation is 1. The predicted octanol–water partition coefficient (Wildman–Crippen LogP) is 1.94. The molecule has 0 bridgehead atoms. The number of methoxy groups -OCH3 is 1. The zero-order valence-corrected chi connectivity index (χ0v) is 9.69. The van der Waals surface area contributed by atoms with Crippen LogP contribution < -0.4 is 0 Å². The Bertz CT molecular complexity index is 322. The average molecular weight is 210 g/mol. The first-order chi connectivity index (χ1) is 7.10. The van der Waals surface area contributed by atoms with Gasteiger partial charge in [-0.2, -0.15) is 0 Å². The summed E-state index contributed by atoms with van der Waals surface area (Å²) in [5, 5.41) is 9.44. The molecular weight excluding hydrogens is 192 g/mol. The Morgan fingerprint density at radius 3 is 2.60 bits per heavy atom. The molecular formula is C11H18N2O2. The molecule has 1 rings (SSSR count). The summed E-state index contributed by atoms with van der Waals surface area (Å²) in [5.41, 5.74) is 1.58. The van der Waals surface area contributed by atoms with Crippen LogP contribution in [0.2, 0.25) is 0 Å². The van der Waals surface area contributed by atoms with E-state index < -0.39 is 6.10 Å². The number of hydrogen-bond donors (Lipinski definition) is 1. The number of aliphatic hydroxyl groups is 1. The topological polar surface area (TPSA) is 55.2 Å². The second kappa shape index (κ2) is 5.19. The summed E-state index contributed by atoms with van der Waals surface area (Å²) in [6, 6.07) is 0. The lowest BCUT2D eigenvalue weighted by atomic mass is 10.1. The molecule has 84 valence electrons. The predicted molar refractivity (Wildman–Crippen MR) is 57.4 cm³/mol. The average Bonchev–Trinajstić information content (AvgIpc) is 2.19. The van der Waals surface area contributed by atoms with E-state index in [1.165, 1.54) is 0 Å². The van der Waals surface area contributed by atoms with Gasteiger partial charge in [0.25, 0.3) is 0 Å². The molecule has 1 aromatic rings. The molecule has 0 saturated carbocycles. The van der Waals surface area contributed by atoms with Crippen LogP contribution in [-0.2, 0) is 4.74 Å². The summed E-state index contributed by atoms with van der Waals surface area (Å²) in [6.45, 7) is 5.60. The molecule has 0 aromatic carbocycles. The van der Waals surface area contributed by atoms with Crippen molar-refractivity contribution in [3.8, 4) is 0 Å². The van der Waals surface area contributed by atoms with Crippen molar-refractivity contribution in [2.24, 2.45) is 0 Å². The number of ether oxygens (including phenoxy) is 1. The molecule has 2 atom stereocenters. The molecule has 1 heterocycles. The number of nitrogens with zero attached hydrogens (tertiary/aromatic N) is 2. The summed E-state index contributed by atoms with van der Waals surface area (Å²) >= 11 is 0. The zero-order valence-electron chi connectivity index (χ0n) is 9.69. The molecule has 2 unspecified atom stereocenters. The molecule has 4 nitrogen and oxygen atoms in total. The molecule has 0 radical (unpaired) electrons. The van der Waals surface area contributed by atoms with Gasteiger partial charge in [0.2, 0.25) is 0 Å². The van der Waals surface area contributed by atoms with Crippen molar-refractivity contribution >= 4 is 0 Å². The number of rotatable bonds is 4. The van der Waals surface area contributed by atoms with Crippen LogP contribution in [0.4, 0.5) is 0 Å². The Hall–Kier alpha value is -1.00. The monoisotopic (exact) mass is 210 g/mol. The number of hydrogen-bond acceptors (Lipinski definition) is 4. The van der Waals surface area contributed by atoms with E-state index in [-0.39, 0.29) is 6.10 Å². The fourth-order valence-electron chi connectivity index (χ4n) is 1.51. The Kier molecular flexibility index (Phi) is 4.17. The number of aliphatic hydroxyl groups excluding tert-OH is 1. The lowest BCUT2D eigenvalue weighted by Gasteiger charge is -2.14. The van der Waals surface area contributed by atoms with Crippen LogP contribution in [0.25, 0.3) is 0 Å². The van der Waals surface area contributed by atoms with Gasteiger partial charge in [-0.25, -0.2) is 9.97 Å². The second-order valence-electron chi connectivity index (χ2n) is 3.58. The normalized spacial score (nSPS) is 15.0. The van der Waals surface area contributed by atoms with Crippen molar-refractivity contribution in [1.82, 2.24) is 9.97 Å². The minimum Gasteiger partial charge on any atom is -0.389 e. The minimum absolute atomic E-state index is 0.0632. The summed E-state index contributed by atoms with van der Waals surface area (Å²) in [4.78, 5) is 8.55. The Labute approximate surface area is 90.3 Å². The quantitative estimate of drug-likeness (QED) is 0.825. The van der Waals surface area contributed by atoms with Crippen LogP contribution in [0.3, 0.4) is 0 Å². The van der Waals surface area contributed by atoms with Gasteiger partial charge < -0.3 is 9.84 Å². The van der Waals surface area contributed by atoms with Gasteiger partial charge in [-0.15, -0.1) is 0 Å². The molecule has 0 fully saturated rings. The summed E-state index contributed by atoms with van der Waals surface area (Å²) < 4.78 is 5.25. The first-order valence-corrected chi connectivity index (χ1v) is 5.14. The first-order valence-electron chi connectivity index (χ1n) is 5.14. The smallest absolute Gasteiger partial charge is 0.157 e. The molecule has 1 aromatic heterocycles. The van der Waals surface area contributed by atoms with Crippen LogP contribution in [0.15, 0.2) is 6.20 Å². The molecule has 4 heteroatoms. The van der Waals surface area contributed by atoms with Crippen molar-refractivity contribution in [3.05, 3.63) is 23.3 Å². The molecule has 15 heavy (non-hydrogen) atoms. The van der Waals surface area contributed by atoms with E-state index in [1.54, 1.807) is 20.2 Å². The van der Waals surface area contributed by atoms with Crippen molar-refractivity contribution in [2.45, 2.75) is 39.4 Å². The Morgan fingerprint density at radius 1 is 1.53 bits per heavy atom. The van der Waals surface area contributed by atoms with Gasteiger partial charge in [-0.3, -0.25) is 0 Å². The highest BCUT2D eigenvalue weighted by atomic mass is 16.5. The number of aromatic nitrogens is 2. The molecule has 0 saturated heterocycles. The van der Waals surface area contributed by atoms with Gasteiger partial charge in [-0.1, -0.05) is 6.92 Å². The van der Waals surface area contributed by atoms with Crippen LogP contribution in [-0.4, -0.2) is 22.2 Å². The van der Waals surface area contributed by atoms with Gasteiger partial charge >= 0.3 is 0 Å².